The van der Waals surface area contributed by atoms with Gasteiger partial charge in [-0.1, -0.05) is 0 Å². The molecule has 6 N–H and O–H groups in total. The molecule has 0 aliphatic carbocycles. The summed E-state index contributed by atoms with van der Waals surface area (Å²) in [5.74, 6) is -0.410. The van der Waals surface area contributed by atoms with E-state index >= 15 is 0 Å². The summed E-state index contributed by atoms with van der Waals surface area (Å²) in [7, 11) is 0. The molecule has 0 radical (unpaired) electrons. The van der Waals surface area contributed by atoms with Crippen molar-refractivity contribution in [1.29, 1.82) is 5.41 Å². The maximum absolute atomic E-state index is 9.26. The Morgan fingerprint density at radius 1 is 1.50 bits per heavy atom. The van der Waals surface area contributed by atoms with Crippen molar-refractivity contribution in [3.8, 4) is 0 Å². The van der Waals surface area contributed by atoms with Gasteiger partial charge in [0.2, 0.25) is 5.90 Å². The Hall–Kier alpha value is -0.690. The van der Waals surface area contributed by atoms with Crippen LogP contribution in [0.5, 0.6) is 0 Å². The monoisotopic (exact) mass is 176 g/mol. The minimum atomic E-state index is -1.29. The van der Waals surface area contributed by atoms with E-state index in [1.807, 2.05) is 0 Å². The number of aliphatic hydroxyl groups is 3. The van der Waals surface area contributed by atoms with Crippen molar-refractivity contribution in [2.24, 2.45) is 5.73 Å². The first-order valence-corrected chi connectivity index (χ1v) is 3.55. The summed E-state index contributed by atoms with van der Waals surface area (Å²) in [4.78, 5) is 0. The van der Waals surface area contributed by atoms with Crippen LogP contribution in [0.3, 0.4) is 0 Å². The number of nitrogens with two attached hydrogens (primary N) is 1. The van der Waals surface area contributed by atoms with E-state index in [-0.39, 0.29) is 0 Å². The zero-order valence-electron chi connectivity index (χ0n) is 6.34. The van der Waals surface area contributed by atoms with Crippen LogP contribution in [0.2, 0.25) is 0 Å². The summed E-state index contributed by atoms with van der Waals surface area (Å²) >= 11 is 0. The van der Waals surface area contributed by atoms with E-state index in [9.17, 15) is 5.11 Å². The van der Waals surface area contributed by atoms with Gasteiger partial charge in [-0.15, -0.1) is 0 Å². The van der Waals surface area contributed by atoms with Gasteiger partial charge in [-0.2, -0.15) is 0 Å². The fourth-order valence-electron chi connectivity index (χ4n) is 1.06. The van der Waals surface area contributed by atoms with Crippen molar-refractivity contribution in [3.63, 3.8) is 0 Å². The van der Waals surface area contributed by atoms with Gasteiger partial charge in [0, 0.05) is 0 Å². The number of nitrogens with one attached hydrogen (secondary N) is 1. The molecule has 1 aliphatic heterocycles. The molecule has 4 atom stereocenters. The molecule has 0 amide bonds. The van der Waals surface area contributed by atoms with Crippen LogP contribution in [-0.4, -0.2) is 52.2 Å². The molecule has 0 saturated carbocycles. The number of hydrogen-bond donors (Lipinski definition) is 5. The number of aliphatic hydroxyl groups excluding tert-OH is 3. The number of hydrogen-bond acceptors (Lipinski definition) is 6. The predicted octanol–water partition coefficient (Wildman–Crippen LogP) is -2.60. The SMILES string of the molecule is N=C1OC(CO)C(O)C(N)C1O. The molecule has 6 heteroatoms. The van der Waals surface area contributed by atoms with Crippen molar-refractivity contribution in [2.45, 2.75) is 24.4 Å². The quantitative estimate of drug-likeness (QED) is 0.300. The Labute approximate surface area is 69.1 Å². The molecule has 1 rings (SSSR count). The lowest BCUT2D eigenvalue weighted by molar-refractivity contribution is -0.0676. The zero-order valence-corrected chi connectivity index (χ0v) is 6.34. The average Bonchev–Trinajstić information content (AvgIpc) is 2.08. The molecule has 6 nitrogen and oxygen atoms in total. The summed E-state index contributed by atoms with van der Waals surface area (Å²) in [5.41, 5.74) is 5.35. The summed E-state index contributed by atoms with van der Waals surface area (Å²) < 4.78 is 4.68. The molecular weight excluding hydrogens is 164 g/mol. The van der Waals surface area contributed by atoms with E-state index in [0.29, 0.717) is 0 Å². The highest BCUT2D eigenvalue weighted by molar-refractivity contribution is 5.79. The molecule has 0 aromatic rings. The van der Waals surface area contributed by atoms with Gasteiger partial charge in [-0.25, -0.2) is 0 Å². The third-order valence-corrected chi connectivity index (χ3v) is 1.87. The second-order valence-corrected chi connectivity index (χ2v) is 2.72. The lowest BCUT2D eigenvalue weighted by atomic mass is 9.98. The van der Waals surface area contributed by atoms with Gasteiger partial charge in [-0.3, -0.25) is 5.41 Å². The Kier molecular flexibility index (Phi) is 2.63. The second kappa shape index (κ2) is 3.36. The molecule has 70 valence electrons. The van der Waals surface area contributed by atoms with E-state index in [1.54, 1.807) is 0 Å². The number of ether oxygens (including phenoxy) is 1. The highest BCUT2D eigenvalue weighted by Crippen LogP contribution is 2.14. The van der Waals surface area contributed by atoms with Gasteiger partial charge in [-0.05, 0) is 0 Å². The maximum atomic E-state index is 9.26. The first kappa shape index (κ1) is 9.40. The Morgan fingerprint density at radius 3 is 2.58 bits per heavy atom. The maximum Gasteiger partial charge on any atom is 0.212 e. The first-order valence-electron chi connectivity index (χ1n) is 3.55. The third kappa shape index (κ3) is 1.42. The van der Waals surface area contributed by atoms with E-state index in [0.717, 1.165) is 0 Å². The molecule has 0 spiro atoms. The Bertz CT molecular complexity index is 184. The van der Waals surface area contributed by atoms with Crippen LogP contribution in [0, 0.1) is 5.41 Å². The fraction of sp³-hybridized carbons (Fsp3) is 0.833. The molecule has 0 bridgehead atoms. The number of rotatable bonds is 1. The minimum absolute atomic E-state index is 0.410. The Balaban J connectivity index is 2.70. The summed E-state index contributed by atoms with van der Waals surface area (Å²) in [6, 6.07) is -0.969. The van der Waals surface area contributed by atoms with E-state index < -0.39 is 36.9 Å². The normalized spacial score (nSPS) is 42.5. The summed E-state index contributed by atoms with van der Waals surface area (Å²) in [6.07, 6.45) is -3.34. The third-order valence-electron chi connectivity index (χ3n) is 1.87. The first-order chi connectivity index (χ1) is 5.57. The molecule has 1 fully saturated rings. The smallest absolute Gasteiger partial charge is 0.212 e. The van der Waals surface area contributed by atoms with Crippen molar-refractivity contribution >= 4 is 5.90 Å². The predicted molar refractivity (Wildman–Crippen MR) is 39.7 cm³/mol. The largest absolute Gasteiger partial charge is 0.471 e. The molecule has 0 aromatic heterocycles. The Morgan fingerprint density at radius 2 is 2.08 bits per heavy atom. The van der Waals surface area contributed by atoms with Crippen molar-refractivity contribution in [2.75, 3.05) is 6.61 Å². The topological polar surface area (TPSA) is 120 Å². The van der Waals surface area contributed by atoms with Gasteiger partial charge < -0.3 is 25.8 Å². The van der Waals surface area contributed by atoms with Crippen LogP contribution in [0.15, 0.2) is 0 Å². The van der Waals surface area contributed by atoms with Gasteiger partial charge in [0.15, 0.2) is 6.10 Å². The van der Waals surface area contributed by atoms with Crippen molar-refractivity contribution < 1.29 is 20.1 Å². The standard InChI is InChI=1S/C6H12N2O4/c7-3-4(10)2(1-9)12-6(8)5(3)11/h2-5,8-11H,1,7H2. The lowest BCUT2D eigenvalue weighted by Crippen LogP contribution is -2.60. The molecular formula is C6H12N2O4. The van der Waals surface area contributed by atoms with Crippen molar-refractivity contribution in [1.82, 2.24) is 0 Å². The van der Waals surface area contributed by atoms with E-state index in [4.69, 9.17) is 21.4 Å². The van der Waals surface area contributed by atoms with Crippen LogP contribution in [-0.2, 0) is 4.74 Å². The second-order valence-electron chi connectivity index (χ2n) is 2.72. The van der Waals surface area contributed by atoms with Crippen LogP contribution >= 0.6 is 0 Å². The zero-order chi connectivity index (χ0) is 9.30. The molecule has 1 saturated heterocycles. The van der Waals surface area contributed by atoms with E-state index in [1.165, 1.54) is 0 Å². The highest BCUT2D eigenvalue weighted by Gasteiger charge is 2.39. The molecule has 1 heterocycles. The minimum Gasteiger partial charge on any atom is -0.471 e. The average molecular weight is 176 g/mol. The molecule has 0 aromatic carbocycles. The van der Waals surface area contributed by atoms with Crippen LogP contribution < -0.4 is 5.73 Å². The molecule has 1 aliphatic rings. The van der Waals surface area contributed by atoms with Crippen LogP contribution in [0.1, 0.15) is 0 Å². The summed E-state index contributed by atoms with van der Waals surface area (Å²) in [5, 5.41) is 34.1. The fourth-order valence-corrected chi connectivity index (χ4v) is 1.06. The lowest BCUT2D eigenvalue weighted by Gasteiger charge is -2.35. The molecule has 12 heavy (non-hydrogen) atoms. The van der Waals surface area contributed by atoms with Crippen molar-refractivity contribution in [3.05, 3.63) is 0 Å². The van der Waals surface area contributed by atoms with Gasteiger partial charge in [0.1, 0.15) is 12.2 Å². The summed E-state index contributed by atoms with van der Waals surface area (Å²) in [6.45, 7) is -0.427. The van der Waals surface area contributed by atoms with Gasteiger partial charge >= 0.3 is 0 Å². The van der Waals surface area contributed by atoms with Crippen LogP contribution in [0.4, 0.5) is 0 Å². The van der Waals surface area contributed by atoms with Gasteiger partial charge in [0.25, 0.3) is 0 Å². The highest BCUT2D eigenvalue weighted by atomic mass is 16.5. The molecule has 4 unspecified atom stereocenters. The van der Waals surface area contributed by atoms with E-state index in [2.05, 4.69) is 4.74 Å². The van der Waals surface area contributed by atoms with Crippen LogP contribution in [0.25, 0.3) is 0 Å². The van der Waals surface area contributed by atoms with Gasteiger partial charge in [0.05, 0.1) is 12.6 Å².